The molecule has 33 heavy (non-hydrogen) atoms. The number of piperazine rings is 1. The van der Waals surface area contributed by atoms with E-state index in [1.807, 2.05) is 53.4 Å². The highest BCUT2D eigenvalue weighted by atomic mass is 32.2. The predicted octanol–water partition coefficient (Wildman–Crippen LogP) is 4.02. The first-order valence-corrected chi connectivity index (χ1v) is 13.7. The van der Waals surface area contributed by atoms with Gasteiger partial charge in [-0.25, -0.2) is 13.4 Å². The van der Waals surface area contributed by atoms with Crippen molar-refractivity contribution >= 4 is 37.5 Å². The molecule has 1 fully saturated rings. The molecule has 0 N–H and O–H groups in total. The molecule has 0 radical (unpaired) electrons. The third-order valence-corrected chi connectivity index (χ3v) is 9.53. The van der Waals surface area contributed by atoms with Crippen LogP contribution in [0.25, 0.3) is 10.2 Å². The predicted molar refractivity (Wildman–Crippen MR) is 131 cm³/mol. The molecule has 5 rings (SSSR count). The maximum Gasteiger partial charge on any atom is 0.226 e. The third kappa shape index (κ3) is 4.74. The van der Waals surface area contributed by atoms with Crippen LogP contribution in [0, 0.1) is 5.92 Å². The fraction of sp³-hybridized carbons (Fsp3) is 0.360. The molecule has 2 aliphatic rings. The molecule has 1 aromatic heterocycles. The van der Waals surface area contributed by atoms with Gasteiger partial charge in [-0.15, -0.1) is 11.3 Å². The van der Waals surface area contributed by atoms with Gasteiger partial charge in [0.15, 0.2) is 0 Å². The summed E-state index contributed by atoms with van der Waals surface area (Å²) in [7, 11) is -3.40. The Morgan fingerprint density at radius 2 is 1.64 bits per heavy atom. The second kappa shape index (κ2) is 9.37. The summed E-state index contributed by atoms with van der Waals surface area (Å²) < 4.78 is 28.4. The number of para-hydroxylation sites is 1. The second-order valence-corrected chi connectivity index (χ2v) is 11.7. The number of amides is 1. The highest BCUT2D eigenvalue weighted by molar-refractivity contribution is 7.88. The van der Waals surface area contributed by atoms with Gasteiger partial charge in [-0.05, 0) is 30.5 Å². The monoisotopic (exact) mass is 481 g/mol. The topological polar surface area (TPSA) is 70.6 Å². The van der Waals surface area contributed by atoms with Gasteiger partial charge in [0.05, 0.1) is 26.9 Å². The molecule has 1 amide bonds. The van der Waals surface area contributed by atoms with E-state index in [9.17, 15) is 13.2 Å². The van der Waals surface area contributed by atoms with Gasteiger partial charge in [-0.1, -0.05) is 54.6 Å². The van der Waals surface area contributed by atoms with E-state index >= 15 is 0 Å². The number of benzene rings is 2. The van der Waals surface area contributed by atoms with Crippen LogP contribution in [0.4, 0.5) is 0 Å². The van der Waals surface area contributed by atoms with Crippen molar-refractivity contribution in [3.63, 3.8) is 0 Å². The van der Waals surface area contributed by atoms with Crippen molar-refractivity contribution in [3.8, 4) is 0 Å². The van der Waals surface area contributed by atoms with E-state index in [1.54, 1.807) is 11.3 Å². The highest BCUT2D eigenvalue weighted by Crippen LogP contribution is 2.39. The molecule has 0 saturated carbocycles. The van der Waals surface area contributed by atoms with Crippen molar-refractivity contribution in [1.29, 1.82) is 0 Å². The standard InChI is InChI=1S/C25H27N3O3S2/c29-25(21-11-5-4-10-20(21)24-26-22-12-6-7-13-23(22)32-24)27-14-16-28(17-15-27)33(30,31)18-19-8-2-1-3-9-19/h1-9,12-13,20-21H,10-11,14-18H2. The highest BCUT2D eigenvalue weighted by Gasteiger charge is 2.37. The molecule has 2 atom stereocenters. The maximum atomic E-state index is 13.5. The largest absolute Gasteiger partial charge is 0.340 e. The Morgan fingerprint density at radius 3 is 2.39 bits per heavy atom. The number of aromatic nitrogens is 1. The fourth-order valence-corrected chi connectivity index (χ4v) is 7.37. The number of allylic oxidation sites excluding steroid dienone is 2. The summed E-state index contributed by atoms with van der Waals surface area (Å²) >= 11 is 1.67. The normalized spacial score (nSPS) is 22.0. The average Bonchev–Trinajstić information content (AvgIpc) is 3.28. The Bertz CT molecular complexity index is 1230. The molecule has 8 heteroatoms. The summed E-state index contributed by atoms with van der Waals surface area (Å²) in [6.45, 7) is 1.55. The van der Waals surface area contributed by atoms with Gasteiger partial charge in [0.1, 0.15) is 0 Å². The Labute approximate surface area is 198 Å². The second-order valence-electron chi connectivity index (χ2n) is 8.64. The molecule has 3 aromatic rings. The van der Waals surface area contributed by atoms with Crippen molar-refractivity contribution in [1.82, 2.24) is 14.2 Å². The molecular formula is C25H27N3O3S2. The van der Waals surface area contributed by atoms with E-state index < -0.39 is 10.0 Å². The van der Waals surface area contributed by atoms with E-state index in [4.69, 9.17) is 4.98 Å². The number of sulfonamides is 1. The first-order valence-electron chi connectivity index (χ1n) is 11.3. The van der Waals surface area contributed by atoms with E-state index in [2.05, 4.69) is 18.2 Å². The molecule has 0 spiro atoms. The van der Waals surface area contributed by atoms with Crippen LogP contribution in [0.3, 0.4) is 0 Å². The number of rotatable bonds is 5. The zero-order valence-corrected chi connectivity index (χ0v) is 20.0. The van der Waals surface area contributed by atoms with Crippen LogP contribution in [0.1, 0.15) is 29.3 Å². The van der Waals surface area contributed by atoms with Gasteiger partial charge in [-0.3, -0.25) is 4.79 Å². The molecule has 172 valence electrons. The number of hydrogen-bond acceptors (Lipinski definition) is 5. The summed E-state index contributed by atoms with van der Waals surface area (Å²) in [5, 5.41) is 1.02. The van der Waals surface area contributed by atoms with E-state index in [-0.39, 0.29) is 23.5 Å². The lowest BCUT2D eigenvalue weighted by atomic mass is 9.82. The Kier molecular flexibility index (Phi) is 6.32. The van der Waals surface area contributed by atoms with Crippen LogP contribution in [0.2, 0.25) is 0 Å². The Balaban J connectivity index is 1.26. The van der Waals surface area contributed by atoms with Gasteiger partial charge in [0.25, 0.3) is 0 Å². The number of hydrogen-bond donors (Lipinski definition) is 0. The number of fused-ring (bicyclic) bond motifs is 1. The summed E-state index contributed by atoms with van der Waals surface area (Å²) in [6.07, 6.45) is 5.75. The van der Waals surface area contributed by atoms with Crippen LogP contribution in [0.15, 0.2) is 66.7 Å². The Morgan fingerprint density at radius 1 is 0.939 bits per heavy atom. The lowest BCUT2D eigenvalue weighted by Gasteiger charge is -2.37. The van der Waals surface area contributed by atoms with Crippen molar-refractivity contribution in [2.75, 3.05) is 26.2 Å². The molecule has 1 aliphatic heterocycles. The maximum absolute atomic E-state index is 13.5. The molecule has 1 aliphatic carbocycles. The Hall–Kier alpha value is -2.55. The molecular weight excluding hydrogens is 454 g/mol. The van der Waals surface area contributed by atoms with Gasteiger partial charge in [0, 0.05) is 32.1 Å². The van der Waals surface area contributed by atoms with E-state index in [0.29, 0.717) is 32.6 Å². The van der Waals surface area contributed by atoms with Crippen LogP contribution in [-0.2, 0) is 20.6 Å². The van der Waals surface area contributed by atoms with Crippen molar-refractivity contribution in [2.45, 2.75) is 24.5 Å². The smallest absolute Gasteiger partial charge is 0.226 e. The number of nitrogens with zero attached hydrogens (tertiary/aromatic N) is 3. The van der Waals surface area contributed by atoms with Crippen LogP contribution < -0.4 is 0 Å². The lowest BCUT2D eigenvalue weighted by molar-refractivity contribution is -0.137. The molecule has 2 aromatic carbocycles. The van der Waals surface area contributed by atoms with Gasteiger partial charge < -0.3 is 4.90 Å². The number of carbonyl (C=O) groups is 1. The first kappa shape index (κ1) is 22.3. The summed E-state index contributed by atoms with van der Waals surface area (Å²) in [6, 6.07) is 17.3. The minimum absolute atomic E-state index is 0.00507. The average molecular weight is 482 g/mol. The number of thiazole rings is 1. The van der Waals surface area contributed by atoms with E-state index in [0.717, 1.165) is 27.2 Å². The quantitative estimate of drug-likeness (QED) is 0.516. The molecule has 6 nitrogen and oxygen atoms in total. The van der Waals surface area contributed by atoms with Gasteiger partial charge in [0.2, 0.25) is 15.9 Å². The van der Waals surface area contributed by atoms with Gasteiger partial charge >= 0.3 is 0 Å². The van der Waals surface area contributed by atoms with Crippen LogP contribution >= 0.6 is 11.3 Å². The zero-order valence-electron chi connectivity index (χ0n) is 18.3. The van der Waals surface area contributed by atoms with Crippen LogP contribution in [-0.4, -0.2) is 54.7 Å². The minimum Gasteiger partial charge on any atom is -0.340 e. The molecule has 2 heterocycles. The van der Waals surface area contributed by atoms with Crippen molar-refractivity contribution < 1.29 is 13.2 Å². The lowest BCUT2D eigenvalue weighted by Crippen LogP contribution is -2.52. The number of carbonyl (C=O) groups excluding carboxylic acids is 1. The van der Waals surface area contributed by atoms with E-state index in [1.165, 1.54) is 4.31 Å². The fourth-order valence-electron chi connectivity index (χ4n) is 4.71. The van der Waals surface area contributed by atoms with Crippen LogP contribution in [0.5, 0.6) is 0 Å². The SMILES string of the molecule is O=C(C1CC=CCC1c1nc2ccccc2s1)N1CCN(S(=O)(=O)Cc2ccccc2)CC1. The minimum atomic E-state index is -3.40. The molecule has 0 bridgehead atoms. The summed E-state index contributed by atoms with van der Waals surface area (Å²) in [4.78, 5) is 20.2. The van der Waals surface area contributed by atoms with Gasteiger partial charge in [-0.2, -0.15) is 4.31 Å². The first-order chi connectivity index (χ1) is 16.0. The van der Waals surface area contributed by atoms with Crippen molar-refractivity contribution in [2.24, 2.45) is 5.92 Å². The molecule has 2 unspecified atom stereocenters. The molecule has 1 saturated heterocycles. The summed E-state index contributed by atoms with van der Waals surface area (Å²) in [5.74, 6) is 0.0287. The summed E-state index contributed by atoms with van der Waals surface area (Å²) in [5.41, 5.74) is 1.76. The van der Waals surface area contributed by atoms with Crippen molar-refractivity contribution in [3.05, 3.63) is 77.3 Å². The third-order valence-electron chi connectivity index (χ3n) is 6.51. The zero-order chi connectivity index (χ0) is 22.8.